The number of esters is 1. The average Bonchev–Trinajstić information content (AvgIpc) is 3.00. The highest BCUT2D eigenvalue weighted by molar-refractivity contribution is 5.87. The standard InChI is InChI=1S/C16H19NO4/c1-20-16(19)15-13(7-8-21-15)10-17-14(11-18)9-12-5-3-2-4-6-12/h2-8,14,17-18H,9-11H2,1H3/t14-/m0/s1. The van der Waals surface area contributed by atoms with E-state index in [9.17, 15) is 9.90 Å². The van der Waals surface area contributed by atoms with Crippen molar-refractivity contribution in [3.05, 3.63) is 59.5 Å². The number of hydrogen-bond acceptors (Lipinski definition) is 5. The lowest BCUT2D eigenvalue weighted by atomic mass is 10.1. The number of aliphatic hydroxyl groups excluding tert-OH is 1. The third-order valence-corrected chi connectivity index (χ3v) is 3.24. The van der Waals surface area contributed by atoms with Gasteiger partial charge in [0, 0.05) is 18.2 Å². The second kappa shape index (κ2) is 7.61. The number of benzene rings is 1. The Bertz CT molecular complexity index is 565. The predicted molar refractivity (Wildman–Crippen MR) is 77.9 cm³/mol. The van der Waals surface area contributed by atoms with E-state index in [2.05, 4.69) is 10.1 Å². The van der Waals surface area contributed by atoms with Crippen molar-refractivity contribution in [3.63, 3.8) is 0 Å². The van der Waals surface area contributed by atoms with Crippen LogP contribution in [-0.2, 0) is 17.7 Å². The SMILES string of the molecule is COC(=O)c1occc1CN[C@H](CO)Cc1ccccc1. The summed E-state index contributed by atoms with van der Waals surface area (Å²) in [5.74, 6) is -0.304. The van der Waals surface area contributed by atoms with Crippen molar-refractivity contribution in [2.45, 2.75) is 19.0 Å². The van der Waals surface area contributed by atoms with Gasteiger partial charge in [0.15, 0.2) is 0 Å². The molecule has 1 aromatic carbocycles. The van der Waals surface area contributed by atoms with Crippen molar-refractivity contribution >= 4 is 5.97 Å². The van der Waals surface area contributed by atoms with Crippen LogP contribution in [0.15, 0.2) is 47.1 Å². The van der Waals surface area contributed by atoms with E-state index in [1.54, 1.807) is 6.07 Å². The Morgan fingerprint density at radius 3 is 2.76 bits per heavy atom. The van der Waals surface area contributed by atoms with Crippen LogP contribution in [0.1, 0.15) is 21.7 Å². The summed E-state index contributed by atoms with van der Waals surface area (Å²) in [6.07, 6.45) is 2.16. The third kappa shape index (κ3) is 4.18. The second-order valence-corrected chi connectivity index (χ2v) is 4.72. The monoisotopic (exact) mass is 289 g/mol. The van der Waals surface area contributed by atoms with Crippen LogP contribution in [0.25, 0.3) is 0 Å². The fourth-order valence-electron chi connectivity index (χ4n) is 2.10. The largest absolute Gasteiger partial charge is 0.463 e. The van der Waals surface area contributed by atoms with Crippen LogP contribution in [-0.4, -0.2) is 30.8 Å². The second-order valence-electron chi connectivity index (χ2n) is 4.72. The zero-order valence-electron chi connectivity index (χ0n) is 11.9. The predicted octanol–water partition coefficient (Wildman–Crippen LogP) is 1.76. The van der Waals surface area contributed by atoms with E-state index < -0.39 is 5.97 Å². The minimum atomic E-state index is -0.500. The maximum atomic E-state index is 11.5. The first-order chi connectivity index (χ1) is 10.2. The minimum absolute atomic E-state index is 0.0142. The molecule has 0 saturated heterocycles. The molecule has 5 heteroatoms. The van der Waals surface area contributed by atoms with Gasteiger partial charge in [-0.05, 0) is 18.1 Å². The molecular formula is C16H19NO4. The first kappa shape index (κ1) is 15.3. The molecule has 1 atom stereocenters. The summed E-state index contributed by atoms with van der Waals surface area (Å²) in [5, 5.41) is 12.7. The van der Waals surface area contributed by atoms with Gasteiger partial charge in [-0.3, -0.25) is 0 Å². The molecule has 0 radical (unpaired) electrons. The summed E-state index contributed by atoms with van der Waals surface area (Å²) in [5.41, 5.74) is 1.86. The van der Waals surface area contributed by atoms with Crippen LogP contribution in [0.3, 0.4) is 0 Å². The molecule has 0 aliphatic rings. The Balaban J connectivity index is 1.94. The molecule has 1 aromatic heterocycles. The normalized spacial score (nSPS) is 12.1. The van der Waals surface area contributed by atoms with Crippen molar-refractivity contribution < 1.29 is 19.1 Å². The zero-order valence-corrected chi connectivity index (χ0v) is 11.9. The van der Waals surface area contributed by atoms with Gasteiger partial charge in [-0.1, -0.05) is 30.3 Å². The summed E-state index contributed by atoms with van der Waals surface area (Å²) in [6.45, 7) is 0.444. The van der Waals surface area contributed by atoms with E-state index in [4.69, 9.17) is 4.42 Å². The summed E-state index contributed by atoms with van der Waals surface area (Å²) >= 11 is 0. The number of rotatable bonds is 7. The van der Waals surface area contributed by atoms with Crippen molar-refractivity contribution in [1.82, 2.24) is 5.32 Å². The first-order valence-electron chi connectivity index (χ1n) is 6.77. The number of methoxy groups -OCH3 is 1. The van der Waals surface area contributed by atoms with Crippen molar-refractivity contribution in [1.29, 1.82) is 0 Å². The molecule has 1 heterocycles. The molecule has 2 N–H and O–H groups in total. The zero-order chi connectivity index (χ0) is 15.1. The van der Waals surface area contributed by atoms with E-state index in [-0.39, 0.29) is 18.4 Å². The molecule has 0 aliphatic heterocycles. The smallest absolute Gasteiger partial charge is 0.374 e. The molecule has 112 valence electrons. The molecule has 0 unspecified atom stereocenters. The molecule has 21 heavy (non-hydrogen) atoms. The quantitative estimate of drug-likeness (QED) is 0.760. The summed E-state index contributed by atoms with van der Waals surface area (Å²) in [7, 11) is 1.31. The lowest BCUT2D eigenvalue weighted by molar-refractivity contribution is 0.0563. The van der Waals surface area contributed by atoms with Gasteiger partial charge >= 0.3 is 5.97 Å². The van der Waals surface area contributed by atoms with Crippen LogP contribution in [0.4, 0.5) is 0 Å². The summed E-state index contributed by atoms with van der Waals surface area (Å²) < 4.78 is 9.78. The van der Waals surface area contributed by atoms with E-state index in [1.807, 2.05) is 30.3 Å². The molecule has 0 fully saturated rings. The van der Waals surface area contributed by atoms with Gasteiger partial charge in [0.05, 0.1) is 20.0 Å². The molecule has 2 rings (SSSR count). The van der Waals surface area contributed by atoms with Gasteiger partial charge in [-0.15, -0.1) is 0 Å². The number of hydrogen-bond donors (Lipinski definition) is 2. The van der Waals surface area contributed by atoms with Crippen molar-refractivity contribution in [3.8, 4) is 0 Å². The van der Waals surface area contributed by atoms with E-state index >= 15 is 0 Å². The molecule has 0 saturated carbocycles. The molecule has 0 aliphatic carbocycles. The Morgan fingerprint density at radius 1 is 1.33 bits per heavy atom. The number of carbonyl (C=O) groups is 1. The maximum absolute atomic E-state index is 11.5. The van der Waals surface area contributed by atoms with Crippen molar-refractivity contribution in [2.24, 2.45) is 0 Å². The fourth-order valence-corrected chi connectivity index (χ4v) is 2.10. The molecule has 0 spiro atoms. The van der Waals surface area contributed by atoms with E-state index in [1.165, 1.54) is 13.4 Å². The van der Waals surface area contributed by atoms with Crippen LogP contribution >= 0.6 is 0 Å². The summed E-state index contributed by atoms with van der Waals surface area (Å²) in [6, 6.07) is 11.6. The Labute approximate surface area is 123 Å². The van der Waals surface area contributed by atoms with Gasteiger partial charge in [0.2, 0.25) is 5.76 Å². The number of ether oxygens (including phenoxy) is 1. The Kier molecular flexibility index (Phi) is 5.54. The molecule has 0 amide bonds. The van der Waals surface area contributed by atoms with Gasteiger partial charge < -0.3 is 19.6 Å². The van der Waals surface area contributed by atoms with Crippen molar-refractivity contribution in [2.75, 3.05) is 13.7 Å². The minimum Gasteiger partial charge on any atom is -0.463 e. The maximum Gasteiger partial charge on any atom is 0.374 e. The van der Waals surface area contributed by atoms with Crippen LogP contribution in [0.2, 0.25) is 0 Å². The average molecular weight is 289 g/mol. The number of nitrogens with one attached hydrogen (secondary N) is 1. The van der Waals surface area contributed by atoms with Crippen LogP contribution in [0.5, 0.6) is 0 Å². The van der Waals surface area contributed by atoms with Gasteiger partial charge in [-0.2, -0.15) is 0 Å². The van der Waals surface area contributed by atoms with Crippen LogP contribution < -0.4 is 5.32 Å². The molecular weight excluding hydrogens is 270 g/mol. The molecule has 2 aromatic rings. The third-order valence-electron chi connectivity index (χ3n) is 3.24. The van der Waals surface area contributed by atoms with E-state index in [0.29, 0.717) is 18.5 Å². The summed E-state index contributed by atoms with van der Waals surface area (Å²) in [4.78, 5) is 11.5. The first-order valence-corrected chi connectivity index (χ1v) is 6.77. The number of aliphatic hydroxyl groups is 1. The van der Waals surface area contributed by atoms with Gasteiger partial charge in [0.25, 0.3) is 0 Å². The highest BCUT2D eigenvalue weighted by Gasteiger charge is 2.17. The lowest BCUT2D eigenvalue weighted by Gasteiger charge is -2.16. The highest BCUT2D eigenvalue weighted by atomic mass is 16.5. The highest BCUT2D eigenvalue weighted by Crippen LogP contribution is 2.12. The Morgan fingerprint density at radius 2 is 2.10 bits per heavy atom. The van der Waals surface area contributed by atoms with Gasteiger partial charge in [0.1, 0.15) is 0 Å². The number of furan rings is 1. The number of carbonyl (C=O) groups excluding carboxylic acids is 1. The van der Waals surface area contributed by atoms with Gasteiger partial charge in [-0.25, -0.2) is 4.79 Å². The topological polar surface area (TPSA) is 71.7 Å². The fraction of sp³-hybridized carbons (Fsp3) is 0.312. The van der Waals surface area contributed by atoms with E-state index in [0.717, 1.165) is 5.56 Å². The lowest BCUT2D eigenvalue weighted by Crippen LogP contribution is -2.34. The van der Waals surface area contributed by atoms with Crippen LogP contribution in [0, 0.1) is 0 Å². The molecule has 5 nitrogen and oxygen atoms in total. The Hall–Kier alpha value is -2.11. The molecule has 0 bridgehead atoms.